The van der Waals surface area contributed by atoms with Crippen LogP contribution in [-0.4, -0.2) is 54.9 Å². The number of nitrogens with zero attached hydrogens (tertiary/aromatic N) is 2. The van der Waals surface area contributed by atoms with E-state index in [-0.39, 0.29) is 23.1 Å². The van der Waals surface area contributed by atoms with E-state index in [0.717, 1.165) is 4.88 Å². The van der Waals surface area contributed by atoms with Gasteiger partial charge in [0.15, 0.2) is 5.75 Å². The number of hydrogen-bond acceptors (Lipinski definition) is 4. The summed E-state index contributed by atoms with van der Waals surface area (Å²) in [6, 6.07) is 7.07. The highest BCUT2D eigenvalue weighted by molar-refractivity contribution is 7.10. The lowest BCUT2D eigenvalue weighted by molar-refractivity contribution is -0.131. The molecule has 0 N–H and O–H groups in total. The summed E-state index contributed by atoms with van der Waals surface area (Å²) in [5.41, 5.74) is 0.264. The van der Waals surface area contributed by atoms with Crippen LogP contribution in [0, 0.1) is 0 Å². The van der Waals surface area contributed by atoms with Gasteiger partial charge in [0.2, 0.25) is 5.91 Å². The van der Waals surface area contributed by atoms with E-state index in [1.807, 2.05) is 17.5 Å². The number of ether oxygens (including phenoxy) is 1. The Hall–Kier alpha value is -1.76. The van der Waals surface area contributed by atoms with Gasteiger partial charge in [0.05, 0.1) is 23.6 Å². The van der Waals surface area contributed by atoms with Crippen molar-refractivity contribution >= 4 is 46.4 Å². The van der Waals surface area contributed by atoms with Crippen molar-refractivity contribution < 1.29 is 14.3 Å². The fourth-order valence-electron chi connectivity index (χ4n) is 2.92. The molecule has 0 unspecified atom stereocenters. The molecule has 2 heterocycles. The van der Waals surface area contributed by atoms with Crippen molar-refractivity contribution in [3.05, 3.63) is 50.1 Å². The number of piperazine rings is 1. The largest absolute Gasteiger partial charge is 0.494 e. The van der Waals surface area contributed by atoms with Crippen LogP contribution in [0.2, 0.25) is 10.0 Å². The van der Waals surface area contributed by atoms with E-state index in [1.54, 1.807) is 33.3 Å². The molecule has 1 aliphatic heterocycles. The fraction of sp³-hybridized carbons (Fsp3) is 0.333. The fourth-order valence-corrected chi connectivity index (χ4v) is 4.08. The molecular formula is C18H18Cl2N2O3S. The van der Waals surface area contributed by atoms with Crippen LogP contribution in [-0.2, 0) is 11.2 Å². The Morgan fingerprint density at radius 3 is 2.35 bits per heavy atom. The number of rotatable bonds is 4. The average Bonchev–Trinajstić information content (AvgIpc) is 3.16. The normalized spacial score (nSPS) is 14.4. The lowest BCUT2D eigenvalue weighted by Crippen LogP contribution is -2.51. The molecule has 138 valence electrons. The molecule has 26 heavy (non-hydrogen) atoms. The first kappa shape index (κ1) is 19.0. The number of halogens is 2. The van der Waals surface area contributed by atoms with Crippen molar-refractivity contribution in [2.45, 2.75) is 6.42 Å². The zero-order valence-corrected chi connectivity index (χ0v) is 16.5. The third-order valence-corrected chi connectivity index (χ3v) is 5.79. The van der Waals surface area contributed by atoms with E-state index in [0.29, 0.717) is 42.6 Å². The van der Waals surface area contributed by atoms with E-state index in [1.165, 1.54) is 7.11 Å². The van der Waals surface area contributed by atoms with Crippen molar-refractivity contribution in [1.29, 1.82) is 0 Å². The first-order valence-corrected chi connectivity index (χ1v) is 9.76. The van der Waals surface area contributed by atoms with Crippen LogP contribution in [0.4, 0.5) is 0 Å². The predicted octanol–water partition coefficient (Wildman–Crippen LogP) is 3.59. The van der Waals surface area contributed by atoms with Gasteiger partial charge in [0, 0.05) is 31.1 Å². The maximum absolute atomic E-state index is 12.9. The average molecular weight is 413 g/mol. The monoisotopic (exact) mass is 412 g/mol. The van der Waals surface area contributed by atoms with E-state index in [9.17, 15) is 9.59 Å². The van der Waals surface area contributed by atoms with Crippen LogP contribution >= 0.6 is 34.5 Å². The molecule has 2 amide bonds. The summed E-state index contributed by atoms with van der Waals surface area (Å²) in [6.07, 6.45) is 0.402. The van der Waals surface area contributed by atoms with Crippen molar-refractivity contribution in [3.63, 3.8) is 0 Å². The second kappa shape index (κ2) is 8.29. The summed E-state index contributed by atoms with van der Waals surface area (Å²) in [4.78, 5) is 29.8. The van der Waals surface area contributed by atoms with Gasteiger partial charge in [-0.1, -0.05) is 29.3 Å². The topological polar surface area (TPSA) is 49.9 Å². The van der Waals surface area contributed by atoms with Gasteiger partial charge in [0.25, 0.3) is 5.91 Å². The van der Waals surface area contributed by atoms with Crippen LogP contribution in [0.3, 0.4) is 0 Å². The first-order valence-electron chi connectivity index (χ1n) is 8.12. The Bertz CT molecular complexity index is 803. The number of thiophene rings is 1. The summed E-state index contributed by atoms with van der Waals surface area (Å²) in [5, 5.41) is 2.60. The molecular weight excluding hydrogens is 395 g/mol. The van der Waals surface area contributed by atoms with Gasteiger partial charge in [-0.25, -0.2) is 0 Å². The quantitative estimate of drug-likeness (QED) is 0.770. The number of amides is 2. The van der Waals surface area contributed by atoms with Crippen LogP contribution in [0.1, 0.15) is 15.2 Å². The van der Waals surface area contributed by atoms with Crippen molar-refractivity contribution in [2.24, 2.45) is 0 Å². The molecule has 1 fully saturated rings. The van der Waals surface area contributed by atoms with Crippen LogP contribution in [0.25, 0.3) is 0 Å². The minimum atomic E-state index is -0.236. The van der Waals surface area contributed by atoms with Crippen molar-refractivity contribution in [2.75, 3.05) is 33.3 Å². The Labute approximate surface area is 166 Å². The summed E-state index contributed by atoms with van der Waals surface area (Å²) in [5.74, 6) is 0.123. The molecule has 0 atom stereocenters. The summed E-state index contributed by atoms with van der Waals surface area (Å²) < 4.78 is 5.26. The van der Waals surface area contributed by atoms with Crippen molar-refractivity contribution in [1.82, 2.24) is 9.80 Å². The molecule has 2 aromatic rings. The zero-order valence-electron chi connectivity index (χ0n) is 14.2. The molecule has 3 rings (SSSR count). The second-order valence-electron chi connectivity index (χ2n) is 5.87. The third-order valence-electron chi connectivity index (χ3n) is 4.30. The third kappa shape index (κ3) is 3.98. The highest BCUT2D eigenvalue weighted by Crippen LogP contribution is 2.34. The summed E-state index contributed by atoms with van der Waals surface area (Å²) in [7, 11) is 1.45. The van der Waals surface area contributed by atoms with Gasteiger partial charge < -0.3 is 14.5 Å². The number of carbonyl (C=O) groups excluding carboxylic acids is 2. The minimum Gasteiger partial charge on any atom is -0.494 e. The van der Waals surface area contributed by atoms with E-state index in [4.69, 9.17) is 27.9 Å². The predicted molar refractivity (Wildman–Crippen MR) is 104 cm³/mol. The van der Waals surface area contributed by atoms with Gasteiger partial charge in [-0.15, -0.1) is 11.3 Å². The number of benzene rings is 1. The molecule has 1 aromatic heterocycles. The van der Waals surface area contributed by atoms with Crippen LogP contribution in [0.5, 0.6) is 5.75 Å². The minimum absolute atomic E-state index is 0.0814. The smallest absolute Gasteiger partial charge is 0.259 e. The molecule has 1 aliphatic rings. The van der Waals surface area contributed by atoms with Gasteiger partial charge in [-0.05, 0) is 23.6 Å². The number of methoxy groups -OCH3 is 1. The highest BCUT2D eigenvalue weighted by Gasteiger charge is 2.28. The number of hydrogen-bond donors (Lipinski definition) is 0. The molecule has 1 aromatic carbocycles. The molecule has 0 radical (unpaired) electrons. The first-order chi connectivity index (χ1) is 12.5. The van der Waals surface area contributed by atoms with Crippen molar-refractivity contribution in [3.8, 4) is 5.75 Å². The lowest BCUT2D eigenvalue weighted by atomic mass is 10.1. The Morgan fingerprint density at radius 1 is 1.08 bits per heavy atom. The summed E-state index contributed by atoms with van der Waals surface area (Å²) >= 11 is 13.9. The molecule has 0 spiro atoms. The van der Waals surface area contributed by atoms with Crippen LogP contribution in [0.15, 0.2) is 29.6 Å². The molecule has 0 bridgehead atoms. The standard InChI is InChI=1S/C18H18Cl2N2O3S/c1-25-17-14(20)5-4-13(19)16(17)18(24)22-8-6-21(7-9-22)15(23)11-12-3-2-10-26-12/h2-5,10H,6-9,11H2,1H3. The Morgan fingerprint density at radius 2 is 1.73 bits per heavy atom. The molecule has 5 nitrogen and oxygen atoms in total. The SMILES string of the molecule is COc1c(Cl)ccc(Cl)c1C(=O)N1CCN(C(=O)Cc2cccs2)CC1. The lowest BCUT2D eigenvalue weighted by Gasteiger charge is -2.35. The van der Waals surface area contributed by atoms with Gasteiger partial charge in [-0.2, -0.15) is 0 Å². The molecule has 0 aliphatic carbocycles. The van der Waals surface area contributed by atoms with Gasteiger partial charge in [-0.3, -0.25) is 9.59 Å². The zero-order chi connectivity index (χ0) is 18.7. The molecule has 1 saturated heterocycles. The summed E-state index contributed by atoms with van der Waals surface area (Å²) in [6.45, 7) is 1.88. The Kier molecular flexibility index (Phi) is 6.06. The maximum Gasteiger partial charge on any atom is 0.259 e. The van der Waals surface area contributed by atoms with E-state index < -0.39 is 0 Å². The molecule has 0 saturated carbocycles. The van der Waals surface area contributed by atoms with Gasteiger partial charge in [0.1, 0.15) is 5.56 Å². The maximum atomic E-state index is 12.9. The second-order valence-corrected chi connectivity index (χ2v) is 7.71. The number of carbonyl (C=O) groups is 2. The molecule has 8 heteroatoms. The van der Waals surface area contributed by atoms with E-state index >= 15 is 0 Å². The van der Waals surface area contributed by atoms with E-state index in [2.05, 4.69) is 0 Å². The van der Waals surface area contributed by atoms with Crippen LogP contribution < -0.4 is 4.74 Å². The Balaban J connectivity index is 1.66. The highest BCUT2D eigenvalue weighted by atomic mass is 35.5. The van der Waals surface area contributed by atoms with Gasteiger partial charge >= 0.3 is 0 Å².